The van der Waals surface area contributed by atoms with Gasteiger partial charge in [0.25, 0.3) is 11.4 Å². The Hall–Kier alpha value is -5.09. The van der Waals surface area contributed by atoms with Gasteiger partial charge >= 0.3 is 11.4 Å². The monoisotopic (exact) mass is 496 g/mol. The second kappa shape index (κ2) is 11.2. The van der Waals surface area contributed by atoms with E-state index in [4.69, 9.17) is 28.3 Å². The number of diazo groups is 2. The smallest absolute Gasteiger partial charge is 0.393 e. The summed E-state index contributed by atoms with van der Waals surface area (Å²) in [6, 6.07) is 19.0. The van der Waals surface area contributed by atoms with Crippen molar-refractivity contribution in [3.8, 4) is 0 Å². The molecule has 0 atom stereocenters. The standard InChI is InChI=1S/2C10H6N3O2.H2O4S/c2*11-12-9-5-6-10(13(14)15)8-4-2-1-3-7(8)9;1-5(2,3)4/h2*1-6H;(H2,1,2,3,4)/q2*+1;/p-2. The summed E-state index contributed by atoms with van der Waals surface area (Å²) in [6.45, 7) is 0. The average Bonchev–Trinajstić information content (AvgIpc) is 2.81. The van der Waals surface area contributed by atoms with E-state index in [9.17, 15) is 20.2 Å². The maximum Gasteiger partial charge on any atom is 0.393 e. The molecule has 176 valence electrons. The number of nitro groups is 2. The number of nitrogens with zero attached hydrogens (tertiary/aromatic N) is 6. The lowest BCUT2D eigenvalue weighted by Gasteiger charge is -2.06. The molecule has 4 aromatic carbocycles. The lowest BCUT2D eigenvalue weighted by atomic mass is 10.1. The van der Waals surface area contributed by atoms with Crippen molar-refractivity contribution < 1.29 is 27.4 Å². The van der Waals surface area contributed by atoms with E-state index in [-0.39, 0.29) is 11.4 Å². The van der Waals surface area contributed by atoms with Gasteiger partial charge in [0.2, 0.25) is 10.8 Å². The molecule has 15 heteroatoms. The predicted molar refractivity (Wildman–Crippen MR) is 121 cm³/mol. The first-order chi connectivity index (χ1) is 16.5. The molecule has 0 spiro atoms. The van der Waals surface area contributed by atoms with E-state index in [0.717, 1.165) is 0 Å². The van der Waals surface area contributed by atoms with Gasteiger partial charge in [0, 0.05) is 34.7 Å². The van der Waals surface area contributed by atoms with Crippen LogP contribution >= 0.6 is 0 Å². The van der Waals surface area contributed by atoms with Crippen LogP contribution in [0.5, 0.6) is 0 Å². The Morgan fingerprint density at radius 1 is 0.600 bits per heavy atom. The van der Waals surface area contributed by atoms with Crippen molar-refractivity contribution in [2.24, 2.45) is 0 Å². The summed E-state index contributed by atoms with van der Waals surface area (Å²) in [4.78, 5) is 26.7. The fourth-order valence-electron chi connectivity index (χ4n) is 3.03. The van der Waals surface area contributed by atoms with Gasteiger partial charge < -0.3 is 9.11 Å². The molecule has 4 aromatic rings. The van der Waals surface area contributed by atoms with Gasteiger partial charge in [0.1, 0.15) is 0 Å². The lowest BCUT2D eigenvalue weighted by molar-refractivity contribution is -0.383. The van der Waals surface area contributed by atoms with Gasteiger partial charge in [-0.3, -0.25) is 28.6 Å². The van der Waals surface area contributed by atoms with Crippen molar-refractivity contribution in [1.82, 2.24) is 0 Å². The Morgan fingerprint density at radius 3 is 1.14 bits per heavy atom. The third kappa shape index (κ3) is 6.94. The van der Waals surface area contributed by atoms with Crippen LogP contribution < -0.4 is 0 Å². The summed E-state index contributed by atoms with van der Waals surface area (Å²) >= 11 is 0. The topological polar surface area (TPSA) is 223 Å². The van der Waals surface area contributed by atoms with Crippen molar-refractivity contribution in [2.45, 2.75) is 0 Å². The highest BCUT2D eigenvalue weighted by atomic mass is 32.3. The molecule has 0 bridgehead atoms. The minimum atomic E-state index is -5.17. The maximum absolute atomic E-state index is 10.7. The number of fused-ring (bicyclic) bond motifs is 2. The molecule has 0 radical (unpaired) electrons. The zero-order chi connectivity index (χ0) is 26.2. The highest BCUT2D eigenvalue weighted by Gasteiger charge is 2.20. The van der Waals surface area contributed by atoms with E-state index in [1.54, 1.807) is 48.5 Å². The van der Waals surface area contributed by atoms with Gasteiger partial charge in [-0.2, -0.15) is 0 Å². The first kappa shape index (κ1) is 26.2. The van der Waals surface area contributed by atoms with E-state index >= 15 is 0 Å². The van der Waals surface area contributed by atoms with Crippen LogP contribution in [0, 0.1) is 31.0 Å². The third-order valence-corrected chi connectivity index (χ3v) is 4.36. The second-order valence-corrected chi connectivity index (χ2v) is 7.24. The Morgan fingerprint density at radius 2 is 0.886 bits per heavy atom. The van der Waals surface area contributed by atoms with Gasteiger partial charge in [-0.1, -0.05) is 24.3 Å². The average molecular weight is 496 g/mol. The summed E-state index contributed by atoms with van der Waals surface area (Å²) in [5, 5.41) is 41.0. The van der Waals surface area contributed by atoms with Gasteiger partial charge in [-0.05, 0) is 24.3 Å². The van der Waals surface area contributed by atoms with Crippen LogP contribution in [0.4, 0.5) is 22.7 Å². The minimum absolute atomic E-state index is 0.0120. The normalized spacial score (nSPS) is 10.1. The summed E-state index contributed by atoms with van der Waals surface area (Å²) in [7, 11) is -5.17. The van der Waals surface area contributed by atoms with Gasteiger partial charge in [-0.15, -0.1) is 0 Å². The highest BCUT2D eigenvalue weighted by Crippen LogP contribution is 2.33. The summed E-state index contributed by atoms with van der Waals surface area (Å²) in [5.74, 6) is 0. The molecule has 0 fully saturated rings. The van der Waals surface area contributed by atoms with Crippen molar-refractivity contribution in [1.29, 1.82) is 10.8 Å². The molecule has 4 rings (SSSR count). The number of non-ortho nitro benzene ring substituents is 2. The van der Waals surface area contributed by atoms with Crippen molar-refractivity contribution in [2.75, 3.05) is 0 Å². The largest absolute Gasteiger partial charge is 0.759 e. The number of benzene rings is 4. The second-order valence-electron chi connectivity index (χ2n) is 6.42. The summed E-state index contributed by atoms with van der Waals surface area (Å²) < 4.78 is 34.1. The van der Waals surface area contributed by atoms with Crippen LogP contribution in [0.2, 0.25) is 0 Å². The maximum atomic E-state index is 10.7. The molecule has 0 amide bonds. The van der Waals surface area contributed by atoms with Crippen LogP contribution in [0.15, 0.2) is 72.8 Å². The molecule has 0 heterocycles. The lowest BCUT2D eigenvalue weighted by Crippen LogP contribution is -1.91. The Bertz CT molecular complexity index is 1510. The molecule has 0 aliphatic carbocycles. The van der Waals surface area contributed by atoms with E-state index < -0.39 is 20.2 Å². The van der Waals surface area contributed by atoms with Crippen LogP contribution in [-0.2, 0) is 10.4 Å². The zero-order valence-electron chi connectivity index (χ0n) is 17.3. The fourth-order valence-corrected chi connectivity index (χ4v) is 3.03. The zero-order valence-corrected chi connectivity index (χ0v) is 18.1. The third-order valence-electron chi connectivity index (χ3n) is 4.36. The van der Waals surface area contributed by atoms with E-state index in [0.29, 0.717) is 32.9 Å². The number of rotatable bonds is 2. The number of hydrogen-bond donors (Lipinski definition) is 0. The minimum Gasteiger partial charge on any atom is -0.759 e. The first-order valence-electron chi connectivity index (χ1n) is 9.17. The quantitative estimate of drug-likeness (QED) is 0.117. The molecule has 0 aliphatic rings. The molecule has 0 unspecified atom stereocenters. The molecule has 35 heavy (non-hydrogen) atoms. The highest BCUT2D eigenvalue weighted by molar-refractivity contribution is 7.79. The fraction of sp³-hybridized carbons (Fsp3) is 0. The Kier molecular flexibility index (Phi) is 8.35. The van der Waals surface area contributed by atoms with Gasteiger partial charge in [0.15, 0.2) is 9.95 Å². The molecule has 0 saturated heterocycles. The molecule has 14 nitrogen and oxygen atoms in total. The van der Waals surface area contributed by atoms with Crippen LogP contribution in [-0.4, -0.2) is 27.4 Å². The molecule has 0 N–H and O–H groups in total. The molecular formula is C20H12N6O8S. The van der Waals surface area contributed by atoms with Crippen molar-refractivity contribution >= 4 is 54.7 Å². The Balaban J connectivity index is 0.000000208. The summed E-state index contributed by atoms with van der Waals surface area (Å²) in [5.41, 5.74) is 0.684. The van der Waals surface area contributed by atoms with Crippen LogP contribution in [0.1, 0.15) is 0 Å². The predicted octanol–water partition coefficient (Wildman–Crippen LogP) is 5.13. The molecule has 0 aromatic heterocycles. The van der Waals surface area contributed by atoms with Crippen LogP contribution in [0.3, 0.4) is 0 Å². The van der Waals surface area contributed by atoms with Crippen molar-refractivity contribution in [3.05, 3.63) is 103 Å². The number of hydrogen-bond acceptors (Lipinski definition) is 10. The van der Waals surface area contributed by atoms with Crippen LogP contribution in [0.25, 0.3) is 31.5 Å². The van der Waals surface area contributed by atoms with Crippen molar-refractivity contribution in [3.63, 3.8) is 0 Å². The SMILES string of the molecule is N#[N+]c1ccc([N+](=O)[O-])c2ccccc12.N#[N+]c1ccc([N+](=O)[O-])c2ccccc12.O=S(=O)([O-])[O-]. The molecule has 0 aliphatic heterocycles. The summed E-state index contributed by atoms with van der Waals surface area (Å²) in [6.07, 6.45) is 0. The first-order valence-corrected chi connectivity index (χ1v) is 10.5. The Labute approximate surface area is 196 Å². The molecular weight excluding hydrogens is 484 g/mol. The number of nitro benzene ring substituents is 2. The van der Waals surface area contributed by atoms with Gasteiger partial charge in [0.05, 0.1) is 31.4 Å². The van der Waals surface area contributed by atoms with E-state index in [2.05, 4.69) is 9.95 Å². The molecule has 0 saturated carbocycles. The van der Waals surface area contributed by atoms with E-state index in [1.807, 2.05) is 0 Å². The van der Waals surface area contributed by atoms with Gasteiger partial charge in [-0.25, -0.2) is 0 Å². The van der Waals surface area contributed by atoms with E-state index in [1.165, 1.54) is 24.3 Å².